The van der Waals surface area contributed by atoms with Gasteiger partial charge in [0.2, 0.25) is 0 Å². The highest BCUT2D eigenvalue weighted by Crippen LogP contribution is 2.55. The second-order valence-electron chi connectivity index (χ2n) is 8.23. The van der Waals surface area contributed by atoms with Crippen molar-refractivity contribution in [1.82, 2.24) is 5.32 Å². The molecule has 6 aliphatic rings. The highest BCUT2D eigenvalue weighted by molar-refractivity contribution is 5.80. The van der Waals surface area contributed by atoms with Crippen LogP contribution < -0.4 is 5.32 Å². The zero-order chi connectivity index (χ0) is 13.2. The van der Waals surface area contributed by atoms with Gasteiger partial charge in [-0.15, -0.1) is 0 Å². The Hall–Kier alpha value is -0.570. The molecule has 0 aromatic rings. The average molecular weight is 274 g/mol. The minimum Gasteiger partial charge on any atom is -0.474 e. The average Bonchev–Trinajstić information content (AvgIpc) is 2.95. The lowest BCUT2D eigenvalue weighted by Gasteiger charge is -2.57. The molecule has 2 unspecified atom stereocenters. The van der Waals surface area contributed by atoms with E-state index < -0.39 is 0 Å². The molecule has 0 saturated heterocycles. The Morgan fingerprint density at radius 3 is 2.40 bits per heavy atom. The fourth-order valence-corrected chi connectivity index (χ4v) is 6.26. The van der Waals surface area contributed by atoms with Crippen molar-refractivity contribution in [2.75, 3.05) is 6.54 Å². The van der Waals surface area contributed by atoms with Crippen molar-refractivity contribution in [2.24, 2.45) is 22.7 Å². The molecule has 5 aliphatic carbocycles. The lowest BCUT2D eigenvalue weighted by Crippen LogP contribution is -2.59. The Kier molecular flexibility index (Phi) is 2.54. The topological polar surface area (TPSA) is 33.6 Å². The molecular formula is C17H26N2O. The Balaban J connectivity index is 1.26. The van der Waals surface area contributed by atoms with Crippen molar-refractivity contribution in [3.05, 3.63) is 0 Å². The molecule has 3 nitrogen and oxygen atoms in total. The molecular weight excluding hydrogens is 248 g/mol. The standard InChI is InChI=1S/C17H26N2O/c1-2-14-15(3-1)20-16(19-14)10-18-17-7-11-4-12(8-17)6-13(5-11)9-17/h11-15,18H,1-10H2. The highest BCUT2D eigenvalue weighted by Gasteiger charge is 2.50. The van der Waals surface area contributed by atoms with E-state index in [2.05, 4.69) is 5.32 Å². The maximum atomic E-state index is 6.04. The minimum absolute atomic E-state index is 0.420. The van der Waals surface area contributed by atoms with Gasteiger partial charge in [0.05, 0.1) is 12.6 Å². The first-order valence-electron chi connectivity index (χ1n) is 8.76. The van der Waals surface area contributed by atoms with Gasteiger partial charge < -0.3 is 10.1 Å². The van der Waals surface area contributed by atoms with E-state index in [0.717, 1.165) is 30.2 Å². The number of rotatable bonds is 3. The fraction of sp³-hybridized carbons (Fsp3) is 0.941. The molecule has 6 rings (SSSR count). The van der Waals surface area contributed by atoms with E-state index in [4.69, 9.17) is 9.73 Å². The SMILES string of the molecule is C1CC2N=C(CNC34CC5CC(CC(C5)C3)C4)OC2C1. The summed E-state index contributed by atoms with van der Waals surface area (Å²) in [5.41, 5.74) is 0.443. The second kappa shape index (κ2) is 4.22. The highest BCUT2D eigenvalue weighted by atomic mass is 16.5. The summed E-state index contributed by atoms with van der Waals surface area (Å²) in [6.07, 6.45) is 13.0. The summed E-state index contributed by atoms with van der Waals surface area (Å²) in [7, 11) is 0. The van der Waals surface area contributed by atoms with Crippen LogP contribution >= 0.6 is 0 Å². The van der Waals surface area contributed by atoms with Crippen molar-refractivity contribution >= 4 is 5.90 Å². The lowest BCUT2D eigenvalue weighted by atomic mass is 9.53. The van der Waals surface area contributed by atoms with Crippen LogP contribution in [0.15, 0.2) is 4.99 Å². The van der Waals surface area contributed by atoms with Gasteiger partial charge in [0.1, 0.15) is 6.10 Å². The molecule has 5 fully saturated rings. The number of nitrogens with one attached hydrogen (secondary N) is 1. The van der Waals surface area contributed by atoms with Gasteiger partial charge in [0.15, 0.2) is 5.90 Å². The van der Waals surface area contributed by atoms with Crippen LogP contribution in [0.4, 0.5) is 0 Å². The van der Waals surface area contributed by atoms with Crippen LogP contribution in [0.5, 0.6) is 0 Å². The molecule has 0 aromatic carbocycles. The van der Waals surface area contributed by atoms with Gasteiger partial charge in [-0.05, 0) is 75.5 Å². The van der Waals surface area contributed by atoms with E-state index in [9.17, 15) is 0 Å². The monoisotopic (exact) mass is 274 g/mol. The predicted octanol–water partition coefficient (Wildman–Crippen LogP) is 2.89. The molecule has 0 aromatic heterocycles. The van der Waals surface area contributed by atoms with Gasteiger partial charge in [-0.1, -0.05) is 0 Å². The second-order valence-corrected chi connectivity index (χ2v) is 8.23. The number of ether oxygens (including phenoxy) is 1. The van der Waals surface area contributed by atoms with Crippen LogP contribution in [-0.2, 0) is 4.74 Å². The zero-order valence-electron chi connectivity index (χ0n) is 12.3. The van der Waals surface area contributed by atoms with Crippen molar-refractivity contribution < 1.29 is 4.74 Å². The van der Waals surface area contributed by atoms with Gasteiger partial charge in [-0.3, -0.25) is 0 Å². The minimum atomic E-state index is 0.420. The third kappa shape index (κ3) is 1.85. The van der Waals surface area contributed by atoms with E-state index in [1.807, 2.05) is 0 Å². The molecule has 110 valence electrons. The molecule has 1 heterocycles. The molecule has 1 aliphatic heterocycles. The smallest absolute Gasteiger partial charge is 0.198 e. The van der Waals surface area contributed by atoms with Gasteiger partial charge in [0.25, 0.3) is 0 Å². The van der Waals surface area contributed by atoms with E-state index in [-0.39, 0.29) is 0 Å². The summed E-state index contributed by atoms with van der Waals surface area (Å²) in [5.74, 6) is 4.05. The van der Waals surface area contributed by atoms with Gasteiger partial charge in [0, 0.05) is 5.54 Å². The van der Waals surface area contributed by atoms with E-state index >= 15 is 0 Å². The summed E-state index contributed by atoms with van der Waals surface area (Å²) < 4.78 is 6.04. The van der Waals surface area contributed by atoms with E-state index in [1.165, 1.54) is 57.8 Å². The van der Waals surface area contributed by atoms with Crippen molar-refractivity contribution in [2.45, 2.75) is 75.5 Å². The van der Waals surface area contributed by atoms with Crippen molar-refractivity contribution in [1.29, 1.82) is 0 Å². The first-order valence-corrected chi connectivity index (χ1v) is 8.76. The van der Waals surface area contributed by atoms with E-state index in [1.54, 1.807) is 0 Å². The summed E-state index contributed by atoms with van der Waals surface area (Å²) in [4.78, 5) is 4.80. The molecule has 2 atom stereocenters. The Morgan fingerprint density at radius 2 is 1.75 bits per heavy atom. The summed E-state index contributed by atoms with van der Waals surface area (Å²) in [6, 6.07) is 0.489. The third-order valence-corrected chi connectivity index (χ3v) is 6.67. The Labute approximate surface area is 121 Å². The molecule has 4 bridgehead atoms. The first-order chi connectivity index (χ1) is 9.78. The summed E-state index contributed by atoms with van der Waals surface area (Å²) >= 11 is 0. The Morgan fingerprint density at radius 1 is 1.05 bits per heavy atom. The maximum absolute atomic E-state index is 6.04. The van der Waals surface area contributed by atoms with Gasteiger partial charge in [-0.25, -0.2) is 4.99 Å². The van der Waals surface area contributed by atoms with Gasteiger partial charge >= 0.3 is 0 Å². The quantitative estimate of drug-likeness (QED) is 0.858. The Bertz CT molecular complexity index is 409. The van der Waals surface area contributed by atoms with Crippen LogP contribution in [-0.4, -0.2) is 30.1 Å². The molecule has 5 saturated carbocycles. The third-order valence-electron chi connectivity index (χ3n) is 6.67. The summed E-state index contributed by atoms with van der Waals surface area (Å²) in [5, 5.41) is 3.90. The molecule has 0 spiro atoms. The summed E-state index contributed by atoms with van der Waals surface area (Å²) in [6.45, 7) is 0.888. The first kappa shape index (κ1) is 12.0. The van der Waals surface area contributed by atoms with E-state index in [0.29, 0.717) is 17.7 Å². The number of hydrogen-bond donors (Lipinski definition) is 1. The normalized spacial score (nSPS) is 52.0. The number of hydrogen-bond acceptors (Lipinski definition) is 3. The largest absolute Gasteiger partial charge is 0.474 e. The molecule has 0 radical (unpaired) electrons. The van der Waals surface area contributed by atoms with Crippen molar-refractivity contribution in [3.63, 3.8) is 0 Å². The van der Waals surface area contributed by atoms with Crippen molar-refractivity contribution in [3.8, 4) is 0 Å². The molecule has 3 heteroatoms. The predicted molar refractivity (Wildman–Crippen MR) is 78.9 cm³/mol. The number of fused-ring (bicyclic) bond motifs is 1. The van der Waals surface area contributed by atoms with Crippen LogP contribution in [0.3, 0.4) is 0 Å². The maximum Gasteiger partial charge on any atom is 0.198 e. The van der Waals surface area contributed by atoms with Crippen LogP contribution in [0.2, 0.25) is 0 Å². The number of nitrogens with zero attached hydrogens (tertiary/aromatic N) is 1. The lowest BCUT2D eigenvalue weighted by molar-refractivity contribution is -0.0180. The molecule has 0 amide bonds. The van der Waals surface area contributed by atoms with Gasteiger partial charge in [-0.2, -0.15) is 0 Å². The zero-order valence-corrected chi connectivity index (χ0v) is 12.3. The van der Waals surface area contributed by atoms with Crippen LogP contribution in [0.25, 0.3) is 0 Å². The van der Waals surface area contributed by atoms with Crippen LogP contribution in [0, 0.1) is 17.8 Å². The molecule has 20 heavy (non-hydrogen) atoms. The number of aliphatic imine (C=N–C) groups is 1. The fourth-order valence-electron chi connectivity index (χ4n) is 6.26. The molecule has 1 N–H and O–H groups in total. The van der Waals surface area contributed by atoms with Crippen LogP contribution in [0.1, 0.15) is 57.8 Å².